The summed E-state index contributed by atoms with van der Waals surface area (Å²) in [7, 11) is 0. The molecule has 0 amide bonds. The van der Waals surface area contributed by atoms with E-state index in [1.807, 2.05) is 0 Å². The van der Waals surface area contributed by atoms with Gasteiger partial charge in [-0.1, -0.05) is 12.8 Å². The normalized spacial score (nSPS) is 20.9. The van der Waals surface area contributed by atoms with E-state index in [4.69, 9.17) is 15.2 Å². The lowest BCUT2D eigenvalue weighted by Crippen LogP contribution is -2.33. The molecule has 3 N–H and O–H groups in total. The molecule has 1 aliphatic heterocycles. The molecule has 0 radical (unpaired) electrons. The minimum absolute atomic E-state index is 0.0521. The second-order valence-electron chi connectivity index (χ2n) is 5.21. The van der Waals surface area contributed by atoms with E-state index < -0.39 is 0 Å². The lowest BCUT2D eigenvalue weighted by Gasteiger charge is -2.32. The molecule has 18 heavy (non-hydrogen) atoms. The van der Waals surface area contributed by atoms with Crippen LogP contribution < -0.4 is 15.2 Å². The van der Waals surface area contributed by atoms with Crippen LogP contribution in [0.4, 0.5) is 0 Å². The third kappa shape index (κ3) is 1.72. The van der Waals surface area contributed by atoms with E-state index in [1.165, 1.54) is 12.8 Å². The minimum atomic E-state index is -0.0521. The van der Waals surface area contributed by atoms with Crippen molar-refractivity contribution in [1.29, 1.82) is 0 Å². The molecular formula is C14H19NO3. The Bertz CT molecular complexity index is 453. The molecular weight excluding hydrogens is 230 g/mol. The molecule has 4 heteroatoms. The monoisotopic (exact) mass is 249 g/mol. The van der Waals surface area contributed by atoms with Gasteiger partial charge in [-0.05, 0) is 18.9 Å². The van der Waals surface area contributed by atoms with Crippen molar-refractivity contribution in [3.63, 3.8) is 0 Å². The predicted molar refractivity (Wildman–Crippen MR) is 68.3 cm³/mol. The van der Waals surface area contributed by atoms with E-state index in [1.54, 1.807) is 12.1 Å². The van der Waals surface area contributed by atoms with Crippen molar-refractivity contribution in [3.05, 3.63) is 17.7 Å². The van der Waals surface area contributed by atoms with Crippen LogP contribution in [0.2, 0.25) is 0 Å². The molecule has 0 saturated heterocycles. The smallest absolute Gasteiger partial charge is 0.165 e. The van der Waals surface area contributed by atoms with Gasteiger partial charge in [-0.3, -0.25) is 0 Å². The Labute approximate surface area is 107 Å². The third-order valence-electron chi connectivity index (χ3n) is 4.15. The Kier molecular flexibility index (Phi) is 2.82. The van der Waals surface area contributed by atoms with Gasteiger partial charge in [0.2, 0.25) is 0 Å². The number of ether oxygens (including phenoxy) is 2. The molecule has 0 unspecified atom stereocenters. The molecule has 1 aromatic carbocycles. The van der Waals surface area contributed by atoms with Crippen molar-refractivity contribution in [2.45, 2.75) is 31.1 Å². The van der Waals surface area contributed by atoms with Gasteiger partial charge in [-0.15, -0.1) is 0 Å². The fourth-order valence-electron chi connectivity index (χ4n) is 3.17. The average molecular weight is 249 g/mol. The first kappa shape index (κ1) is 11.7. The van der Waals surface area contributed by atoms with Crippen LogP contribution in [0.1, 0.15) is 31.2 Å². The largest absolute Gasteiger partial charge is 0.508 e. The lowest BCUT2D eigenvalue weighted by atomic mass is 9.78. The van der Waals surface area contributed by atoms with Crippen LogP contribution in [-0.4, -0.2) is 24.9 Å². The second kappa shape index (κ2) is 4.35. The second-order valence-corrected chi connectivity index (χ2v) is 5.21. The first-order valence-corrected chi connectivity index (χ1v) is 6.58. The highest BCUT2D eigenvalue weighted by Crippen LogP contribution is 2.49. The van der Waals surface area contributed by atoms with E-state index in [0.717, 1.165) is 24.2 Å². The van der Waals surface area contributed by atoms with Crippen molar-refractivity contribution in [3.8, 4) is 17.2 Å². The maximum absolute atomic E-state index is 9.86. The number of hydrogen-bond donors (Lipinski definition) is 2. The molecule has 1 aromatic rings. The predicted octanol–water partition coefficient (Wildman–Crippen LogP) is 1.93. The van der Waals surface area contributed by atoms with E-state index in [2.05, 4.69) is 0 Å². The number of fused-ring (bicyclic) bond motifs is 1. The molecule has 1 saturated carbocycles. The van der Waals surface area contributed by atoms with Crippen molar-refractivity contribution < 1.29 is 14.6 Å². The standard InChI is InChI=1S/C14H19NO3/c15-9-14(3-1-2-4-14)11-7-10(16)8-12-13(11)18-6-5-17-12/h7-8,16H,1-6,9,15H2. The van der Waals surface area contributed by atoms with Crippen LogP contribution in [0, 0.1) is 0 Å². The Morgan fingerprint density at radius 1 is 1.17 bits per heavy atom. The van der Waals surface area contributed by atoms with Gasteiger partial charge in [0, 0.05) is 23.6 Å². The van der Waals surface area contributed by atoms with Gasteiger partial charge in [0.25, 0.3) is 0 Å². The van der Waals surface area contributed by atoms with Gasteiger partial charge in [-0.2, -0.15) is 0 Å². The number of nitrogens with two attached hydrogens (primary N) is 1. The van der Waals surface area contributed by atoms with Gasteiger partial charge in [-0.25, -0.2) is 0 Å². The Hall–Kier alpha value is -1.42. The summed E-state index contributed by atoms with van der Waals surface area (Å²) in [4.78, 5) is 0. The van der Waals surface area contributed by atoms with Crippen molar-refractivity contribution in [2.24, 2.45) is 5.73 Å². The Morgan fingerprint density at radius 3 is 2.61 bits per heavy atom. The molecule has 0 atom stereocenters. The van der Waals surface area contributed by atoms with E-state index in [-0.39, 0.29) is 11.2 Å². The summed E-state index contributed by atoms with van der Waals surface area (Å²) in [5.74, 6) is 1.66. The zero-order chi connectivity index (χ0) is 12.6. The van der Waals surface area contributed by atoms with E-state index in [9.17, 15) is 5.11 Å². The van der Waals surface area contributed by atoms with Crippen molar-refractivity contribution >= 4 is 0 Å². The molecule has 0 aromatic heterocycles. The molecule has 1 heterocycles. The number of phenolic OH excluding ortho intramolecular Hbond substituents is 1. The highest BCUT2D eigenvalue weighted by atomic mass is 16.6. The molecule has 4 nitrogen and oxygen atoms in total. The summed E-state index contributed by atoms with van der Waals surface area (Å²) < 4.78 is 11.3. The van der Waals surface area contributed by atoms with Gasteiger partial charge < -0.3 is 20.3 Å². The fraction of sp³-hybridized carbons (Fsp3) is 0.571. The molecule has 0 spiro atoms. The molecule has 1 fully saturated rings. The van der Waals surface area contributed by atoms with Crippen molar-refractivity contribution in [2.75, 3.05) is 19.8 Å². The summed E-state index contributed by atoms with van der Waals surface area (Å²) in [6, 6.07) is 3.42. The minimum Gasteiger partial charge on any atom is -0.508 e. The highest BCUT2D eigenvalue weighted by Gasteiger charge is 2.38. The molecule has 0 bridgehead atoms. The SMILES string of the molecule is NCC1(c2cc(O)cc3c2OCCO3)CCCC1. The van der Waals surface area contributed by atoms with Crippen LogP contribution in [0.15, 0.2) is 12.1 Å². The molecule has 1 aliphatic carbocycles. The van der Waals surface area contributed by atoms with E-state index >= 15 is 0 Å². The highest BCUT2D eigenvalue weighted by molar-refractivity contribution is 5.55. The van der Waals surface area contributed by atoms with E-state index in [0.29, 0.717) is 25.5 Å². The summed E-state index contributed by atoms with van der Waals surface area (Å²) in [6.07, 6.45) is 4.48. The third-order valence-corrected chi connectivity index (χ3v) is 4.15. The Morgan fingerprint density at radius 2 is 1.89 bits per heavy atom. The number of benzene rings is 1. The number of aromatic hydroxyl groups is 1. The summed E-state index contributed by atoms with van der Waals surface area (Å²) in [6.45, 7) is 1.68. The zero-order valence-corrected chi connectivity index (χ0v) is 10.4. The van der Waals surface area contributed by atoms with Crippen LogP contribution in [0.3, 0.4) is 0 Å². The first-order chi connectivity index (χ1) is 8.75. The molecule has 2 aliphatic rings. The van der Waals surface area contributed by atoms with Gasteiger partial charge in [0.1, 0.15) is 19.0 Å². The number of hydrogen-bond acceptors (Lipinski definition) is 4. The number of phenols is 1. The van der Waals surface area contributed by atoms with Crippen LogP contribution in [0.5, 0.6) is 17.2 Å². The summed E-state index contributed by atoms with van der Waals surface area (Å²) in [5, 5.41) is 9.86. The van der Waals surface area contributed by atoms with Crippen LogP contribution >= 0.6 is 0 Å². The first-order valence-electron chi connectivity index (χ1n) is 6.58. The maximum atomic E-state index is 9.86. The van der Waals surface area contributed by atoms with Crippen molar-refractivity contribution in [1.82, 2.24) is 0 Å². The Balaban J connectivity index is 2.12. The molecule has 98 valence electrons. The topological polar surface area (TPSA) is 64.7 Å². The van der Waals surface area contributed by atoms with Gasteiger partial charge >= 0.3 is 0 Å². The summed E-state index contributed by atoms with van der Waals surface area (Å²) >= 11 is 0. The number of rotatable bonds is 2. The quantitative estimate of drug-likeness (QED) is 0.840. The summed E-state index contributed by atoms with van der Waals surface area (Å²) in [5.41, 5.74) is 6.98. The molecule has 3 rings (SSSR count). The average Bonchev–Trinajstić information content (AvgIpc) is 2.87. The van der Waals surface area contributed by atoms with Gasteiger partial charge in [0.15, 0.2) is 11.5 Å². The lowest BCUT2D eigenvalue weighted by molar-refractivity contribution is 0.166. The maximum Gasteiger partial charge on any atom is 0.165 e. The van der Waals surface area contributed by atoms with Crippen LogP contribution in [0.25, 0.3) is 0 Å². The fourth-order valence-corrected chi connectivity index (χ4v) is 3.17. The van der Waals surface area contributed by atoms with Crippen LogP contribution in [-0.2, 0) is 5.41 Å². The zero-order valence-electron chi connectivity index (χ0n) is 10.4. The van der Waals surface area contributed by atoms with Gasteiger partial charge in [0.05, 0.1) is 0 Å².